The fourth-order valence-electron chi connectivity index (χ4n) is 1.03. The van der Waals surface area contributed by atoms with Crippen LogP contribution in [0.3, 0.4) is 0 Å². The van der Waals surface area contributed by atoms with Gasteiger partial charge in [0.15, 0.2) is 6.61 Å². The van der Waals surface area contributed by atoms with Crippen molar-refractivity contribution in [2.45, 2.75) is 4.90 Å². The Morgan fingerprint density at radius 2 is 1.94 bits per heavy atom. The summed E-state index contributed by atoms with van der Waals surface area (Å²) in [5.74, 6) is -0.797. The highest BCUT2D eigenvalue weighted by Gasteiger charge is 2.04. The monoisotopic (exact) mass is 271 g/mol. The van der Waals surface area contributed by atoms with Gasteiger partial charge in [-0.05, 0) is 35.3 Å². The largest absolute Gasteiger partial charge is 0.768 e. The first-order valence-corrected chi connectivity index (χ1v) is 5.93. The van der Waals surface area contributed by atoms with Crippen LogP contribution in [-0.4, -0.2) is 33.7 Å². The van der Waals surface area contributed by atoms with Crippen molar-refractivity contribution in [1.29, 1.82) is 0 Å². The number of rotatable bonds is 6. The summed E-state index contributed by atoms with van der Waals surface area (Å²) >= 11 is -2.29. The summed E-state index contributed by atoms with van der Waals surface area (Å²) in [4.78, 5) is 21.7. The first-order chi connectivity index (χ1) is 8.49. The Bertz CT molecular complexity index is 460. The molecule has 0 aliphatic heterocycles. The Hall–Kier alpha value is -1.93. The molecule has 1 unspecified atom stereocenters. The highest BCUT2D eigenvalue weighted by atomic mass is 32.2. The summed E-state index contributed by atoms with van der Waals surface area (Å²) in [7, 11) is 0. The topological polar surface area (TPSA) is 122 Å². The molecule has 1 aromatic carbocycles. The molecular formula is C10H11N2O5S-. The summed E-state index contributed by atoms with van der Waals surface area (Å²) in [6.07, 6.45) is 0. The van der Waals surface area contributed by atoms with Gasteiger partial charge in [0.25, 0.3) is 5.91 Å². The predicted octanol–water partition coefficient (Wildman–Crippen LogP) is -1.10. The Labute approximate surface area is 106 Å². The summed E-state index contributed by atoms with van der Waals surface area (Å²) in [5.41, 5.74) is 4.84. The van der Waals surface area contributed by atoms with Crippen LogP contribution in [0.25, 0.3) is 0 Å². The Kier molecular flexibility index (Phi) is 5.28. The van der Waals surface area contributed by atoms with E-state index in [-0.39, 0.29) is 18.0 Å². The van der Waals surface area contributed by atoms with Crippen LogP contribution in [-0.2, 0) is 20.7 Å². The molecule has 0 aliphatic rings. The molecule has 1 rings (SSSR count). The lowest BCUT2D eigenvalue weighted by Gasteiger charge is -2.08. The summed E-state index contributed by atoms with van der Waals surface area (Å²) in [5, 5.41) is 2.24. The van der Waals surface area contributed by atoms with E-state index in [1.54, 1.807) is 0 Å². The number of benzene rings is 1. The van der Waals surface area contributed by atoms with Gasteiger partial charge in [0.2, 0.25) is 5.91 Å². The molecule has 98 valence electrons. The number of ether oxygens (including phenoxy) is 1. The van der Waals surface area contributed by atoms with E-state index in [1.807, 2.05) is 0 Å². The lowest BCUT2D eigenvalue weighted by molar-refractivity contribution is -0.126. The molecule has 0 fully saturated rings. The van der Waals surface area contributed by atoms with Gasteiger partial charge in [-0.25, -0.2) is 0 Å². The molecule has 0 bridgehead atoms. The smallest absolute Gasteiger partial charge is 0.258 e. The second-order valence-corrected chi connectivity index (χ2v) is 4.18. The zero-order valence-corrected chi connectivity index (χ0v) is 10.1. The molecule has 0 aromatic heterocycles. The number of nitrogens with one attached hydrogen (secondary N) is 1. The SMILES string of the molecule is NC(=O)CNC(=O)COc1ccc(S(=O)[O-])cc1. The molecule has 8 heteroatoms. The number of hydrogen-bond acceptors (Lipinski definition) is 5. The summed E-state index contributed by atoms with van der Waals surface area (Å²) in [6.45, 7) is -0.538. The molecule has 0 saturated carbocycles. The maximum absolute atomic E-state index is 11.2. The van der Waals surface area contributed by atoms with Gasteiger partial charge in [-0.1, -0.05) is 0 Å². The van der Waals surface area contributed by atoms with Crippen molar-refractivity contribution in [3.05, 3.63) is 24.3 Å². The Balaban J connectivity index is 2.41. The van der Waals surface area contributed by atoms with E-state index in [0.29, 0.717) is 5.75 Å². The van der Waals surface area contributed by atoms with E-state index in [4.69, 9.17) is 10.5 Å². The summed E-state index contributed by atoms with van der Waals surface area (Å²) in [6, 6.07) is 5.54. The number of carbonyl (C=O) groups excluding carboxylic acids is 2. The van der Waals surface area contributed by atoms with E-state index in [9.17, 15) is 18.4 Å². The molecule has 0 saturated heterocycles. The molecule has 0 heterocycles. The Morgan fingerprint density at radius 1 is 1.33 bits per heavy atom. The molecule has 0 spiro atoms. The molecular weight excluding hydrogens is 260 g/mol. The zero-order valence-electron chi connectivity index (χ0n) is 9.25. The number of nitrogens with two attached hydrogens (primary N) is 1. The lowest BCUT2D eigenvalue weighted by atomic mass is 10.3. The van der Waals surface area contributed by atoms with Crippen LogP contribution >= 0.6 is 0 Å². The molecule has 18 heavy (non-hydrogen) atoms. The highest BCUT2D eigenvalue weighted by Crippen LogP contribution is 2.13. The average molecular weight is 271 g/mol. The van der Waals surface area contributed by atoms with E-state index in [0.717, 1.165) is 0 Å². The quantitative estimate of drug-likeness (QED) is 0.636. The third-order valence-corrected chi connectivity index (χ3v) is 2.50. The van der Waals surface area contributed by atoms with E-state index in [1.165, 1.54) is 24.3 Å². The minimum atomic E-state index is -2.29. The van der Waals surface area contributed by atoms with Crippen LogP contribution in [0.4, 0.5) is 0 Å². The number of primary amides is 1. The van der Waals surface area contributed by atoms with Crippen molar-refractivity contribution in [3.63, 3.8) is 0 Å². The number of amides is 2. The van der Waals surface area contributed by atoms with E-state index < -0.39 is 22.9 Å². The lowest BCUT2D eigenvalue weighted by Crippen LogP contribution is -2.36. The van der Waals surface area contributed by atoms with Crippen LogP contribution in [0, 0.1) is 0 Å². The molecule has 0 radical (unpaired) electrons. The van der Waals surface area contributed by atoms with Crippen molar-refractivity contribution in [2.75, 3.05) is 13.2 Å². The van der Waals surface area contributed by atoms with Crippen molar-refractivity contribution in [1.82, 2.24) is 5.32 Å². The van der Waals surface area contributed by atoms with Gasteiger partial charge >= 0.3 is 0 Å². The van der Waals surface area contributed by atoms with Gasteiger partial charge < -0.3 is 20.3 Å². The molecule has 1 atom stereocenters. The van der Waals surface area contributed by atoms with Crippen LogP contribution < -0.4 is 15.8 Å². The first kappa shape index (κ1) is 14.1. The fraction of sp³-hybridized carbons (Fsp3) is 0.200. The standard InChI is InChI=1S/C10H12N2O5S/c11-9(13)5-12-10(14)6-17-7-1-3-8(4-2-7)18(15)16/h1-4H,5-6H2,(H2,11,13)(H,12,14)(H,15,16)/p-1. The van der Waals surface area contributed by atoms with Gasteiger partial charge in [0, 0.05) is 4.90 Å². The van der Waals surface area contributed by atoms with Crippen molar-refractivity contribution < 1.29 is 23.1 Å². The van der Waals surface area contributed by atoms with Crippen LogP contribution in [0.1, 0.15) is 0 Å². The minimum absolute atomic E-state index is 0.125. The number of hydrogen-bond donors (Lipinski definition) is 2. The molecule has 0 aliphatic carbocycles. The second-order valence-electron chi connectivity index (χ2n) is 3.24. The maximum Gasteiger partial charge on any atom is 0.258 e. The average Bonchev–Trinajstić information content (AvgIpc) is 2.34. The normalized spacial score (nSPS) is 11.6. The zero-order chi connectivity index (χ0) is 13.5. The first-order valence-electron chi connectivity index (χ1n) is 4.86. The van der Waals surface area contributed by atoms with Crippen molar-refractivity contribution >= 4 is 22.9 Å². The predicted molar refractivity (Wildman–Crippen MR) is 61.3 cm³/mol. The van der Waals surface area contributed by atoms with Gasteiger partial charge in [-0.2, -0.15) is 0 Å². The van der Waals surface area contributed by atoms with Crippen molar-refractivity contribution in [3.8, 4) is 5.75 Å². The van der Waals surface area contributed by atoms with Gasteiger partial charge in [-0.3, -0.25) is 13.8 Å². The summed E-state index contributed by atoms with van der Waals surface area (Å²) < 4.78 is 26.2. The van der Waals surface area contributed by atoms with E-state index >= 15 is 0 Å². The third kappa shape index (κ3) is 4.93. The van der Waals surface area contributed by atoms with Gasteiger partial charge in [0.1, 0.15) is 5.75 Å². The van der Waals surface area contributed by atoms with Crippen LogP contribution in [0.5, 0.6) is 5.75 Å². The maximum atomic E-state index is 11.2. The van der Waals surface area contributed by atoms with Gasteiger partial charge in [-0.15, -0.1) is 0 Å². The Morgan fingerprint density at radius 3 is 2.44 bits per heavy atom. The molecule has 1 aromatic rings. The third-order valence-electron chi connectivity index (χ3n) is 1.85. The van der Waals surface area contributed by atoms with Crippen molar-refractivity contribution in [2.24, 2.45) is 5.73 Å². The van der Waals surface area contributed by atoms with E-state index in [2.05, 4.69) is 5.32 Å². The van der Waals surface area contributed by atoms with Crippen LogP contribution in [0.15, 0.2) is 29.2 Å². The molecule has 2 amide bonds. The second kappa shape index (κ2) is 6.72. The molecule has 3 N–H and O–H groups in total. The number of carbonyl (C=O) groups is 2. The molecule has 7 nitrogen and oxygen atoms in total. The van der Waals surface area contributed by atoms with Crippen LogP contribution in [0.2, 0.25) is 0 Å². The fourth-order valence-corrected chi connectivity index (χ4v) is 1.39. The minimum Gasteiger partial charge on any atom is -0.768 e. The highest BCUT2D eigenvalue weighted by molar-refractivity contribution is 7.79. The van der Waals surface area contributed by atoms with Gasteiger partial charge in [0.05, 0.1) is 6.54 Å².